The van der Waals surface area contributed by atoms with Crippen molar-refractivity contribution in [2.75, 3.05) is 29.1 Å². The van der Waals surface area contributed by atoms with E-state index in [9.17, 15) is 9.59 Å². The molecule has 1 saturated heterocycles. The van der Waals surface area contributed by atoms with Gasteiger partial charge in [0.1, 0.15) is 0 Å². The van der Waals surface area contributed by atoms with Crippen LogP contribution in [0.4, 0.5) is 11.4 Å². The fraction of sp³-hybridized carbons (Fsp3) is 0.348. The lowest BCUT2D eigenvalue weighted by Crippen LogP contribution is -2.29. The topological polar surface area (TPSA) is 67.2 Å². The van der Waals surface area contributed by atoms with Gasteiger partial charge >= 0.3 is 0 Å². The van der Waals surface area contributed by atoms with Gasteiger partial charge in [-0.15, -0.1) is 0 Å². The molecule has 1 aliphatic heterocycles. The van der Waals surface area contributed by atoms with E-state index < -0.39 is 0 Å². The Morgan fingerprint density at radius 2 is 1.80 bits per heavy atom. The fourth-order valence-electron chi connectivity index (χ4n) is 3.77. The Balaban J connectivity index is 1.41. The zero-order valence-corrected chi connectivity index (χ0v) is 18.0. The minimum atomic E-state index is -0.115. The molecule has 4 rings (SSSR count). The van der Waals surface area contributed by atoms with Crippen LogP contribution in [0.1, 0.15) is 26.2 Å². The third-order valence-corrected chi connectivity index (χ3v) is 6.32. The molecule has 1 aromatic heterocycles. The summed E-state index contributed by atoms with van der Waals surface area (Å²) in [6.07, 6.45) is 3.78. The normalized spacial score (nSPS) is 14.1. The number of piperidine rings is 1. The third kappa shape index (κ3) is 4.51. The number of amides is 1. The van der Waals surface area contributed by atoms with E-state index in [0.717, 1.165) is 18.8 Å². The van der Waals surface area contributed by atoms with Crippen molar-refractivity contribution in [1.29, 1.82) is 0 Å². The molecule has 0 bridgehead atoms. The summed E-state index contributed by atoms with van der Waals surface area (Å²) in [5, 5.41) is 4.10. The standard InChI is InChI=1S/C23H26N4O2S/c1-2-27-22(29)19-8-4-5-9-20(19)25-23(27)30-16-21(28)24-17-10-12-18(13-11-17)26-14-6-3-7-15-26/h4-5,8-13H,2-3,6-7,14-16H2,1H3,(H,24,28). The summed E-state index contributed by atoms with van der Waals surface area (Å²) in [4.78, 5) is 32.1. The molecule has 0 saturated carbocycles. The van der Waals surface area contributed by atoms with Crippen LogP contribution in [0.25, 0.3) is 10.9 Å². The largest absolute Gasteiger partial charge is 0.372 e. The molecule has 0 radical (unpaired) electrons. The summed E-state index contributed by atoms with van der Waals surface area (Å²) in [5.41, 5.74) is 2.57. The second-order valence-electron chi connectivity index (χ2n) is 7.39. The van der Waals surface area contributed by atoms with Crippen LogP contribution in [-0.2, 0) is 11.3 Å². The highest BCUT2D eigenvalue weighted by molar-refractivity contribution is 7.99. The summed E-state index contributed by atoms with van der Waals surface area (Å²) in [6, 6.07) is 15.3. The van der Waals surface area contributed by atoms with E-state index >= 15 is 0 Å². The highest BCUT2D eigenvalue weighted by Crippen LogP contribution is 2.22. The molecule has 30 heavy (non-hydrogen) atoms. The Morgan fingerprint density at radius 3 is 2.53 bits per heavy atom. The molecule has 1 N–H and O–H groups in total. The molecule has 7 heteroatoms. The predicted molar refractivity (Wildman–Crippen MR) is 124 cm³/mol. The highest BCUT2D eigenvalue weighted by atomic mass is 32.2. The molecule has 0 unspecified atom stereocenters. The molecule has 156 valence electrons. The molecule has 2 aromatic carbocycles. The first-order chi connectivity index (χ1) is 14.7. The Morgan fingerprint density at radius 1 is 1.07 bits per heavy atom. The van der Waals surface area contributed by atoms with Crippen LogP contribution in [0.5, 0.6) is 0 Å². The van der Waals surface area contributed by atoms with Gasteiger partial charge in [0, 0.05) is 31.0 Å². The SMILES string of the molecule is CCn1c(SCC(=O)Nc2ccc(N3CCCCC3)cc2)nc2ccccc2c1=O. The number of nitrogens with one attached hydrogen (secondary N) is 1. The minimum absolute atomic E-state index is 0.0701. The number of rotatable bonds is 6. The van der Waals surface area contributed by atoms with Crippen molar-refractivity contribution < 1.29 is 4.79 Å². The second kappa shape index (κ2) is 9.34. The molecular weight excluding hydrogens is 396 g/mol. The molecular formula is C23H26N4O2S. The number of benzene rings is 2. The Kier molecular flexibility index (Phi) is 6.38. The molecule has 1 aliphatic rings. The van der Waals surface area contributed by atoms with Crippen LogP contribution in [-0.4, -0.2) is 34.3 Å². The Labute approximate surface area is 180 Å². The summed E-state index contributed by atoms with van der Waals surface area (Å²) in [6.45, 7) is 4.62. The van der Waals surface area contributed by atoms with Crippen LogP contribution in [0, 0.1) is 0 Å². The van der Waals surface area contributed by atoms with Crippen molar-refractivity contribution in [3.8, 4) is 0 Å². The van der Waals surface area contributed by atoms with Crippen molar-refractivity contribution >= 4 is 39.9 Å². The first kappa shape index (κ1) is 20.5. The molecule has 0 spiro atoms. The van der Waals surface area contributed by atoms with Crippen LogP contribution in [0.3, 0.4) is 0 Å². The maximum atomic E-state index is 12.7. The Bertz CT molecular complexity index is 1090. The lowest BCUT2D eigenvalue weighted by Gasteiger charge is -2.28. The van der Waals surface area contributed by atoms with Crippen molar-refractivity contribution in [2.24, 2.45) is 0 Å². The number of anilines is 2. The van der Waals surface area contributed by atoms with Gasteiger partial charge in [0.05, 0.1) is 16.7 Å². The van der Waals surface area contributed by atoms with E-state index in [1.165, 1.54) is 36.7 Å². The van der Waals surface area contributed by atoms with Gasteiger partial charge in [0.2, 0.25) is 5.91 Å². The van der Waals surface area contributed by atoms with E-state index in [1.807, 2.05) is 37.3 Å². The number of nitrogens with zero attached hydrogens (tertiary/aromatic N) is 3. The van der Waals surface area contributed by atoms with Gasteiger partial charge in [0.25, 0.3) is 5.56 Å². The zero-order chi connectivity index (χ0) is 20.9. The number of hydrogen-bond acceptors (Lipinski definition) is 5. The van der Waals surface area contributed by atoms with Crippen LogP contribution in [0.15, 0.2) is 58.5 Å². The fourth-order valence-corrected chi connectivity index (χ4v) is 4.63. The minimum Gasteiger partial charge on any atom is -0.372 e. The van der Waals surface area contributed by atoms with Crippen LogP contribution in [0.2, 0.25) is 0 Å². The molecule has 1 fully saturated rings. The van der Waals surface area contributed by atoms with Crippen LogP contribution >= 0.6 is 11.8 Å². The highest BCUT2D eigenvalue weighted by Gasteiger charge is 2.13. The van der Waals surface area contributed by atoms with Crippen molar-refractivity contribution in [3.05, 3.63) is 58.9 Å². The van der Waals surface area contributed by atoms with Gasteiger partial charge in [-0.3, -0.25) is 14.2 Å². The van der Waals surface area contributed by atoms with E-state index in [-0.39, 0.29) is 17.2 Å². The van der Waals surface area contributed by atoms with Crippen LogP contribution < -0.4 is 15.8 Å². The smallest absolute Gasteiger partial charge is 0.262 e. The van der Waals surface area contributed by atoms with E-state index in [0.29, 0.717) is 22.6 Å². The van der Waals surface area contributed by atoms with E-state index in [2.05, 4.69) is 27.3 Å². The van der Waals surface area contributed by atoms with Gasteiger partial charge in [-0.05, 0) is 62.6 Å². The molecule has 0 atom stereocenters. The number of aromatic nitrogens is 2. The monoisotopic (exact) mass is 422 g/mol. The lowest BCUT2D eigenvalue weighted by molar-refractivity contribution is -0.113. The van der Waals surface area contributed by atoms with Gasteiger partial charge in [-0.2, -0.15) is 0 Å². The Hall–Kier alpha value is -2.80. The summed E-state index contributed by atoms with van der Waals surface area (Å²) in [7, 11) is 0. The van der Waals surface area contributed by atoms with Gasteiger partial charge in [-0.25, -0.2) is 4.98 Å². The molecule has 3 aromatic rings. The van der Waals surface area contributed by atoms with Crippen molar-refractivity contribution in [2.45, 2.75) is 37.9 Å². The average Bonchev–Trinajstić information content (AvgIpc) is 2.79. The first-order valence-electron chi connectivity index (χ1n) is 10.4. The van der Waals surface area contributed by atoms with Crippen molar-refractivity contribution in [1.82, 2.24) is 9.55 Å². The van der Waals surface area contributed by atoms with Gasteiger partial charge in [0.15, 0.2) is 5.16 Å². The number of carbonyl (C=O) groups is 1. The number of carbonyl (C=O) groups excluding carboxylic acids is 1. The first-order valence-corrected chi connectivity index (χ1v) is 11.4. The maximum Gasteiger partial charge on any atom is 0.262 e. The van der Waals surface area contributed by atoms with Gasteiger partial charge < -0.3 is 10.2 Å². The number of thioether (sulfide) groups is 1. The zero-order valence-electron chi connectivity index (χ0n) is 17.1. The number of fused-ring (bicyclic) bond motifs is 1. The molecule has 2 heterocycles. The number of hydrogen-bond donors (Lipinski definition) is 1. The second-order valence-corrected chi connectivity index (χ2v) is 8.33. The quantitative estimate of drug-likeness (QED) is 0.478. The average molecular weight is 423 g/mol. The molecule has 1 amide bonds. The van der Waals surface area contributed by atoms with Gasteiger partial charge in [-0.1, -0.05) is 23.9 Å². The third-order valence-electron chi connectivity index (χ3n) is 5.35. The summed E-state index contributed by atoms with van der Waals surface area (Å²) < 4.78 is 1.62. The maximum absolute atomic E-state index is 12.7. The van der Waals surface area contributed by atoms with E-state index in [1.54, 1.807) is 10.6 Å². The molecule has 0 aliphatic carbocycles. The number of para-hydroxylation sites is 1. The summed E-state index contributed by atoms with van der Waals surface area (Å²) >= 11 is 1.29. The predicted octanol–water partition coefficient (Wildman–Crippen LogP) is 4.14. The lowest BCUT2D eigenvalue weighted by atomic mass is 10.1. The summed E-state index contributed by atoms with van der Waals surface area (Å²) in [5.74, 6) is 0.0781. The van der Waals surface area contributed by atoms with E-state index in [4.69, 9.17) is 0 Å². The molecule has 6 nitrogen and oxygen atoms in total. The van der Waals surface area contributed by atoms with Crippen molar-refractivity contribution in [3.63, 3.8) is 0 Å².